The van der Waals surface area contributed by atoms with Crippen LogP contribution in [-0.2, 0) is 4.79 Å². The molecule has 0 aliphatic carbocycles. The van der Waals surface area contributed by atoms with E-state index in [1.54, 1.807) is 29.3 Å². The third-order valence-corrected chi connectivity index (χ3v) is 3.65. The fourth-order valence-corrected chi connectivity index (χ4v) is 2.53. The maximum atomic E-state index is 12.3. The van der Waals surface area contributed by atoms with E-state index in [1.165, 1.54) is 0 Å². The van der Waals surface area contributed by atoms with Crippen LogP contribution in [-0.4, -0.2) is 23.3 Å². The molecule has 3 rings (SSSR count). The highest BCUT2D eigenvalue weighted by molar-refractivity contribution is 6.05. The first kappa shape index (κ1) is 14.3. The number of amides is 2. The molecule has 1 aliphatic heterocycles. The smallest absolute Gasteiger partial charge is 0.256 e. The summed E-state index contributed by atoms with van der Waals surface area (Å²) in [6, 6.07) is 10.8. The maximum absolute atomic E-state index is 12.3. The number of anilines is 2. The Kier molecular flexibility index (Phi) is 3.87. The second-order valence-corrected chi connectivity index (χ2v) is 5.37. The van der Waals surface area contributed by atoms with Crippen LogP contribution in [0.1, 0.15) is 28.8 Å². The van der Waals surface area contributed by atoms with Gasteiger partial charge in [0.1, 0.15) is 5.82 Å². The number of benzene rings is 1. The van der Waals surface area contributed by atoms with Crippen molar-refractivity contribution in [3.63, 3.8) is 0 Å². The monoisotopic (exact) mass is 295 g/mol. The lowest BCUT2D eigenvalue weighted by molar-refractivity contribution is -0.117. The molecule has 5 nitrogen and oxygen atoms in total. The molecular weight excluding hydrogens is 278 g/mol. The van der Waals surface area contributed by atoms with Crippen LogP contribution in [0.2, 0.25) is 0 Å². The molecule has 1 aromatic heterocycles. The normalized spacial score (nSPS) is 14.2. The second kappa shape index (κ2) is 5.97. The molecule has 2 amide bonds. The number of aromatic nitrogens is 1. The standard InChI is InChI=1S/C17H17N3O2/c1-12-7-8-18-15(10-12)19-17(22)13-4-2-5-14(11-13)20-9-3-6-16(20)21/h2,4-5,7-8,10-11H,3,6,9H2,1H3,(H,18,19,22). The highest BCUT2D eigenvalue weighted by Gasteiger charge is 2.22. The quantitative estimate of drug-likeness (QED) is 0.947. The average Bonchev–Trinajstić information content (AvgIpc) is 2.93. The average molecular weight is 295 g/mol. The van der Waals surface area contributed by atoms with Crippen LogP contribution in [0.4, 0.5) is 11.5 Å². The fourth-order valence-electron chi connectivity index (χ4n) is 2.53. The number of pyridine rings is 1. The van der Waals surface area contributed by atoms with Crippen molar-refractivity contribution < 1.29 is 9.59 Å². The minimum absolute atomic E-state index is 0.109. The molecule has 0 unspecified atom stereocenters. The van der Waals surface area contributed by atoms with E-state index in [4.69, 9.17) is 0 Å². The largest absolute Gasteiger partial charge is 0.312 e. The van der Waals surface area contributed by atoms with Crippen molar-refractivity contribution in [3.8, 4) is 0 Å². The molecule has 5 heteroatoms. The van der Waals surface area contributed by atoms with Gasteiger partial charge in [0.15, 0.2) is 0 Å². The van der Waals surface area contributed by atoms with Gasteiger partial charge in [-0.15, -0.1) is 0 Å². The molecule has 0 saturated carbocycles. The minimum Gasteiger partial charge on any atom is -0.312 e. The Labute approximate surface area is 129 Å². The highest BCUT2D eigenvalue weighted by atomic mass is 16.2. The molecule has 112 valence electrons. The number of nitrogens with one attached hydrogen (secondary N) is 1. The number of nitrogens with zero attached hydrogens (tertiary/aromatic N) is 2. The van der Waals surface area contributed by atoms with Gasteiger partial charge >= 0.3 is 0 Å². The van der Waals surface area contributed by atoms with Gasteiger partial charge in [-0.2, -0.15) is 0 Å². The van der Waals surface area contributed by atoms with Crippen molar-refractivity contribution in [2.24, 2.45) is 0 Å². The number of rotatable bonds is 3. The summed E-state index contributed by atoms with van der Waals surface area (Å²) in [5.74, 6) is 0.400. The van der Waals surface area contributed by atoms with Crippen LogP contribution in [0.15, 0.2) is 42.6 Å². The van der Waals surface area contributed by atoms with Gasteiger partial charge < -0.3 is 10.2 Å². The van der Waals surface area contributed by atoms with E-state index in [2.05, 4.69) is 10.3 Å². The van der Waals surface area contributed by atoms with Crippen molar-refractivity contribution in [2.75, 3.05) is 16.8 Å². The number of aryl methyl sites for hydroxylation is 1. The zero-order valence-electron chi connectivity index (χ0n) is 12.4. The SMILES string of the molecule is Cc1ccnc(NC(=O)c2cccc(N3CCCC3=O)c2)c1. The lowest BCUT2D eigenvalue weighted by Crippen LogP contribution is -2.24. The molecule has 1 N–H and O–H groups in total. The summed E-state index contributed by atoms with van der Waals surface area (Å²) in [7, 11) is 0. The molecule has 0 spiro atoms. The molecular formula is C17H17N3O2. The summed E-state index contributed by atoms with van der Waals surface area (Å²) in [5.41, 5.74) is 2.31. The van der Waals surface area contributed by atoms with E-state index in [1.807, 2.05) is 25.1 Å². The third kappa shape index (κ3) is 2.98. The summed E-state index contributed by atoms with van der Waals surface area (Å²) in [4.78, 5) is 30.0. The van der Waals surface area contributed by atoms with Crippen molar-refractivity contribution in [3.05, 3.63) is 53.7 Å². The lowest BCUT2D eigenvalue weighted by atomic mass is 10.1. The number of carbonyl (C=O) groups excluding carboxylic acids is 2. The second-order valence-electron chi connectivity index (χ2n) is 5.37. The molecule has 2 aromatic rings. The van der Waals surface area contributed by atoms with Gasteiger partial charge in [0.05, 0.1) is 0 Å². The van der Waals surface area contributed by atoms with Gasteiger partial charge in [-0.1, -0.05) is 6.07 Å². The summed E-state index contributed by atoms with van der Waals surface area (Å²) in [5, 5.41) is 2.77. The predicted octanol–water partition coefficient (Wildman–Crippen LogP) is 2.77. The Bertz CT molecular complexity index is 727. The maximum Gasteiger partial charge on any atom is 0.256 e. The zero-order valence-corrected chi connectivity index (χ0v) is 12.4. The van der Waals surface area contributed by atoms with Gasteiger partial charge in [-0.25, -0.2) is 4.98 Å². The summed E-state index contributed by atoms with van der Waals surface area (Å²) in [6.45, 7) is 2.65. The Morgan fingerprint density at radius 3 is 2.86 bits per heavy atom. The Balaban J connectivity index is 1.79. The van der Waals surface area contributed by atoms with E-state index in [9.17, 15) is 9.59 Å². The van der Waals surface area contributed by atoms with Crippen LogP contribution in [0.5, 0.6) is 0 Å². The van der Waals surface area contributed by atoms with Crippen molar-refractivity contribution in [2.45, 2.75) is 19.8 Å². The van der Waals surface area contributed by atoms with Crippen LogP contribution in [0, 0.1) is 6.92 Å². The third-order valence-electron chi connectivity index (χ3n) is 3.65. The summed E-state index contributed by atoms with van der Waals surface area (Å²) in [6.07, 6.45) is 3.09. The Morgan fingerprint density at radius 2 is 2.14 bits per heavy atom. The van der Waals surface area contributed by atoms with Crippen molar-refractivity contribution >= 4 is 23.3 Å². The zero-order chi connectivity index (χ0) is 15.5. The molecule has 1 fully saturated rings. The van der Waals surface area contributed by atoms with E-state index in [0.717, 1.165) is 17.7 Å². The highest BCUT2D eigenvalue weighted by Crippen LogP contribution is 2.22. The molecule has 0 radical (unpaired) electrons. The van der Waals surface area contributed by atoms with Crippen LogP contribution in [0.3, 0.4) is 0 Å². The molecule has 1 aromatic carbocycles. The fraction of sp³-hybridized carbons (Fsp3) is 0.235. The first-order chi connectivity index (χ1) is 10.6. The first-order valence-electron chi connectivity index (χ1n) is 7.28. The van der Waals surface area contributed by atoms with E-state index in [0.29, 0.717) is 24.3 Å². The van der Waals surface area contributed by atoms with Crippen LogP contribution in [0.25, 0.3) is 0 Å². The van der Waals surface area contributed by atoms with E-state index < -0.39 is 0 Å². The predicted molar refractivity (Wildman–Crippen MR) is 85.0 cm³/mol. The summed E-state index contributed by atoms with van der Waals surface area (Å²) >= 11 is 0. The Morgan fingerprint density at radius 1 is 1.27 bits per heavy atom. The molecule has 22 heavy (non-hydrogen) atoms. The lowest BCUT2D eigenvalue weighted by Gasteiger charge is -2.16. The number of hydrogen-bond donors (Lipinski definition) is 1. The van der Waals surface area contributed by atoms with Crippen molar-refractivity contribution in [1.29, 1.82) is 0 Å². The molecule has 1 saturated heterocycles. The van der Waals surface area contributed by atoms with E-state index in [-0.39, 0.29) is 11.8 Å². The van der Waals surface area contributed by atoms with Gasteiger partial charge in [-0.05, 0) is 49.2 Å². The van der Waals surface area contributed by atoms with Crippen molar-refractivity contribution in [1.82, 2.24) is 4.98 Å². The molecule has 0 bridgehead atoms. The first-order valence-corrected chi connectivity index (χ1v) is 7.28. The van der Waals surface area contributed by atoms with Gasteiger partial charge in [0.2, 0.25) is 5.91 Å². The Hall–Kier alpha value is -2.69. The number of hydrogen-bond acceptors (Lipinski definition) is 3. The summed E-state index contributed by atoms with van der Waals surface area (Å²) < 4.78 is 0. The molecule has 1 aliphatic rings. The van der Waals surface area contributed by atoms with Gasteiger partial charge in [0, 0.05) is 30.4 Å². The topological polar surface area (TPSA) is 62.3 Å². The van der Waals surface area contributed by atoms with Crippen LogP contribution >= 0.6 is 0 Å². The van der Waals surface area contributed by atoms with Crippen LogP contribution < -0.4 is 10.2 Å². The van der Waals surface area contributed by atoms with Gasteiger partial charge in [-0.3, -0.25) is 9.59 Å². The molecule has 0 atom stereocenters. The van der Waals surface area contributed by atoms with E-state index >= 15 is 0 Å². The minimum atomic E-state index is -0.230. The van der Waals surface area contributed by atoms with Gasteiger partial charge in [0.25, 0.3) is 5.91 Å². The molecule has 2 heterocycles. The number of carbonyl (C=O) groups is 2.